The number of likely N-dealkylation sites (tertiary alicyclic amines) is 1. The summed E-state index contributed by atoms with van der Waals surface area (Å²) in [6.07, 6.45) is 10.7. The fourth-order valence-corrected chi connectivity index (χ4v) is 9.48. The van der Waals surface area contributed by atoms with E-state index in [1.807, 2.05) is 36.9 Å². The highest BCUT2D eigenvalue weighted by Crippen LogP contribution is 2.39. The van der Waals surface area contributed by atoms with E-state index >= 15 is 0 Å². The molecule has 4 aromatic rings. The van der Waals surface area contributed by atoms with Crippen LogP contribution in [0.2, 0.25) is 0 Å². The lowest BCUT2D eigenvalue weighted by atomic mass is 9.83. The Morgan fingerprint density at radius 3 is 2.45 bits per heavy atom. The highest BCUT2D eigenvalue weighted by atomic mass is 16.5. The van der Waals surface area contributed by atoms with Crippen LogP contribution in [0.15, 0.2) is 55.0 Å². The second-order valence-corrected chi connectivity index (χ2v) is 16.5. The number of nitrogens with one attached hydrogen (secondary N) is 2. The summed E-state index contributed by atoms with van der Waals surface area (Å²) in [6.45, 7) is 7.18. The van der Waals surface area contributed by atoms with Gasteiger partial charge >= 0.3 is 0 Å². The van der Waals surface area contributed by atoms with Gasteiger partial charge in [0.25, 0.3) is 23.6 Å². The predicted molar refractivity (Wildman–Crippen MR) is 210 cm³/mol. The molecule has 2 saturated heterocycles. The summed E-state index contributed by atoms with van der Waals surface area (Å²) >= 11 is 0. The molecule has 3 fully saturated rings. The third-order valence-corrected chi connectivity index (χ3v) is 12.5. The average Bonchev–Trinajstić information content (AvgIpc) is 3.86. The number of piperidine rings is 2. The Kier molecular flexibility index (Phi) is 9.78. The highest BCUT2D eigenvalue weighted by molar-refractivity contribution is 6.23. The lowest BCUT2D eigenvalue weighted by molar-refractivity contribution is -0.136. The van der Waals surface area contributed by atoms with Crippen molar-refractivity contribution in [1.29, 1.82) is 0 Å². The number of rotatable bonds is 9. The summed E-state index contributed by atoms with van der Waals surface area (Å²) in [5, 5.41) is 9.48. The number of hydrogen-bond donors (Lipinski definition) is 2. The fraction of sp³-hybridized carbons (Fsp3) is 0.442. The minimum absolute atomic E-state index is 0.000125. The number of carbonyl (C=O) groups excluding carboxylic acids is 6. The number of fused-ring (bicyclic) bond motifs is 3. The Labute approximate surface area is 335 Å². The number of aromatic nitrogens is 3. The number of nitrogens with zero attached hydrogens (tertiary/aromatic N) is 6. The van der Waals surface area contributed by atoms with Gasteiger partial charge in [0, 0.05) is 43.5 Å². The Balaban J connectivity index is 0.785. The van der Waals surface area contributed by atoms with Gasteiger partial charge in [-0.3, -0.25) is 39.0 Å². The maximum Gasteiger partial charge on any atom is 0.262 e. The van der Waals surface area contributed by atoms with Gasteiger partial charge in [0.2, 0.25) is 11.8 Å². The number of hydrogen-bond acceptors (Lipinski definition) is 10. The van der Waals surface area contributed by atoms with Crippen molar-refractivity contribution >= 4 is 46.8 Å². The number of ether oxygens (including phenoxy) is 1. The molecular formula is C43H46N8O7. The normalized spacial score (nSPS) is 22.8. The van der Waals surface area contributed by atoms with E-state index in [1.54, 1.807) is 35.1 Å². The standard InChI is InChI=1S/C43H46N8O7/c1-24(2)58-36-20-31-28(19-34(36)46-39(53)33-21-45-50-15-3-14-44-38(33)50)23-49(41(31)55)29-7-4-25(5-8-29)22-48-16-12-26(13-17-48)27-6-9-30-32(18-27)43(57)51(42(30)56)35-10-11-37(52)47-40(35)54/h3,6,9,14-15,18-21,24-26,29,35H,4-5,7-8,10-13,16-17,22-23H2,1-2H3,(H,46,53)(H,47,52,54)/t25-,29-,35?. The Hall–Kier alpha value is -5.96. The first-order valence-corrected chi connectivity index (χ1v) is 20.3. The van der Waals surface area contributed by atoms with Crippen LogP contribution >= 0.6 is 0 Å². The monoisotopic (exact) mass is 786 g/mol. The third-order valence-electron chi connectivity index (χ3n) is 12.5. The van der Waals surface area contributed by atoms with Gasteiger partial charge in [-0.2, -0.15) is 5.10 Å². The molecule has 0 radical (unpaired) electrons. The molecule has 9 rings (SSSR count). The summed E-state index contributed by atoms with van der Waals surface area (Å²) in [7, 11) is 0. The molecule has 1 unspecified atom stereocenters. The summed E-state index contributed by atoms with van der Waals surface area (Å²) < 4.78 is 7.65. The van der Waals surface area contributed by atoms with Crippen molar-refractivity contribution in [3.63, 3.8) is 0 Å². The summed E-state index contributed by atoms with van der Waals surface area (Å²) in [4.78, 5) is 87.7. The van der Waals surface area contributed by atoms with Crippen molar-refractivity contribution in [2.45, 2.75) is 95.9 Å². The predicted octanol–water partition coefficient (Wildman–Crippen LogP) is 4.56. The minimum Gasteiger partial charge on any atom is -0.489 e. The number of carbonyl (C=O) groups is 6. The van der Waals surface area contributed by atoms with Gasteiger partial charge in [-0.05, 0) is 125 Å². The first-order valence-electron chi connectivity index (χ1n) is 20.3. The lowest BCUT2D eigenvalue weighted by Crippen LogP contribution is -2.54. The van der Waals surface area contributed by atoms with Gasteiger partial charge in [-0.1, -0.05) is 6.07 Å². The van der Waals surface area contributed by atoms with E-state index < -0.39 is 29.7 Å². The second kappa shape index (κ2) is 15.1. The SMILES string of the molecule is CC(C)Oc1cc2c(cc1NC(=O)c1cnn3cccnc13)CN([C@H]1CC[C@H](CN3CCC(c4ccc5c(c4)C(=O)N(C4CCC(=O)NC4=O)C5=O)CC3)CC1)C2=O. The molecule has 1 aliphatic carbocycles. The largest absolute Gasteiger partial charge is 0.489 e. The van der Waals surface area contributed by atoms with Crippen LogP contribution in [0, 0.1) is 5.92 Å². The smallest absolute Gasteiger partial charge is 0.262 e. The molecule has 15 heteroatoms. The van der Waals surface area contributed by atoms with E-state index in [0.717, 1.165) is 74.2 Å². The zero-order chi connectivity index (χ0) is 40.2. The van der Waals surface area contributed by atoms with E-state index in [9.17, 15) is 28.8 Å². The summed E-state index contributed by atoms with van der Waals surface area (Å²) in [5.41, 5.74) is 4.45. The quantitative estimate of drug-likeness (QED) is 0.229. The summed E-state index contributed by atoms with van der Waals surface area (Å²) in [5.74, 6) is -1.06. The van der Waals surface area contributed by atoms with Gasteiger partial charge < -0.3 is 19.9 Å². The van der Waals surface area contributed by atoms with Crippen molar-refractivity contribution in [2.24, 2.45) is 5.92 Å². The van der Waals surface area contributed by atoms with Crippen LogP contribution in [0.3, 0.4) is 0 Å². The molecule has 0 bridgehead atoms. The molecule has 58 heavy (non-hydrogen) atoms. The van der Waals surface area contributed by atoms with E-state index in [2.05, 4.69) is 25.6 Å². The Morgan fingerprint density at radius 2 is 1.69 bits per heavy atom. The molecular weight excluding hydrogens is 741 g/mol. The molecule has 300 valence electrons. The van der Waals surface area contributed by atoms with Crippen molar-refractivity contribution in [3.05, 3.63) is 88.4 Å². The molecule has 2 aromatic carbocycles. The van der Waals surface area contributed by atoms with Gasteiger partial charge in [0.15, 0.2) is 5.65 Å². The van der Waals surface area contributed by atoms with Gasteiger partial charge in [-0.15, -0.1) is 0 Å². The molecule has 1 atom stereocenters. The van der Waals surface area contributed by atoms with E-state index in [4.69, 9.17) is 4.74 Å². The zero-order valence-corrected chi connectivity index (χ0v) is 32.6. The topological polar surface area (TPSA) is 176 Å². The van der Waals surface area contributed by atoms with Crippen LogP contribution in [-0.4, -0.2) is 103 Å². The maximum atomic E-state index is 13.8. The van der Waals surface area contributed by atoms with E-state index in [-0.39, 0.29) is 42.7 Å². The van der Waals surface area contributed by atoms with Crippen LogP contribution in [0.5, 0.6) is 5.75 Å². The van der Waals surface area contributed by atoms with Crippen molar-refractivity contribution in [2.75, 3.05) is 25.0 Å². The second-order valence-electron chi connectivity index (χ2n) is 16.5. The molecule has 1 saturated carbocycles. The number of amides is 6. The lowest BCUT2D eigenvalue weighted by Gasteiger charge is -2.38. The van der Waals surface area contributed by atoms with Crippen molar-refractivity contribution in [1.82, 2.24) is 34.6 Å². The molecule has 0 spiro atoms. The molecule has 15 nitrogen and oxygen atoms in total. The van der Waals surface area contributed by atoms with E-state index in [0.29, 0.717) is 51.8 Å². The molecule has 2 N–H and O–H groups in total. The van der Waals surface area contributed by atoms with Crippen LogP contribution in [0.1, 0.15) is 124 Å². The highest BCUT2D eigenvalue weighted by Gasteiger charge is 2.45. The third kappa shape index (κ3) is 6.90. The van der Waals surface area contributed by atoms with Gasteiger partial charge in [0.05, 0.1) is 29.1 Å². The molecule has 6 amide bonds. The molecule has 4 aliphatic heterocycles. The number of imide groups is 2. The fourth-order valence-electron chi connectivity index (χ4n) is 9.48. The molecule has 2 aromatic heterocycles. The van der Waals surface area contributed by atoms with Crippen molar-refractivity contribution in [3.8, 4) is 5.75 Å². The minimum atomic E-state index is -0.972. The van der Waals surface area contributed by atoms with Crippen molar-refractivity contribution < 1.29 is 33.5 Å². The van der Waals surface area contributed by atoms with Crippen LogP contribution in [0.4, 0.5) is 5.69 Å². The van der Waals surface area contributed by atoms with Gasteiger partial charge in [-0.25, -0.2) is 9.50 Å². The van der Waals surface area contributed by atoms with Crippen LogP contribution in [-0.2, 0) is 16.1 Å². The van der Waals surface area contributed by atoms with Crippen LogP contribution < -0.4 is 15.4 Å². The maximum absolute atomic E-state index is 13.8. The molecule has 6 heterocycles. The van der Waals surface area contributed by atoms with Crippen LogP contribution in [0.25, 0.3) is 5.65 Å². The summed E-state index contributed by atoms with van der Waals surface area (Å²) in [6, 6.07) is 10.0. The first-order chi connectivity index (χ1) is 28.0. The molecule has 5 aliphatic rings. The zero-order valence-electron chi connectivity index (χ0n) is 32.6. The number of benzene rings is 2. The Morgan fingerprint density at radius 1 is 0.914 bits per heavy atom. The Bertz CT molecular complexity index is 2360. The van der Waals surface area contributed by atoms with E-state index in [1.165, 1.54) is 6.20 Å². The number of anilines is 1. The first kappa shape index (κ1) is 37.6. The average molecular weight is 787 g/mol. The van der Waals surface area contributed by atoms with Gasteiger partial charge in [0.1, 0.15) is 17.4 Å².